The lowest BCUT2D eigenvalue weighted by Crippen LogP contribution is -2.51. The van der Waals surface area contributed by atoms with Gasteiger partial charge in [0.05, 0.1) is 18.2 Å². The van der Waals surface area contributed by atoms with E-state index in [1.165, 1.54) is 19.3 Å². The summed E-state index contributed by atoms with van der Waals surface area (Å²) in [6.45, 7) is 1.54. The fraction of sp³-hybridized carbons (Fsp3) is 0.444. The molecule has 2 aromatic rings. The Labute approximate surface area is 188 Å². The highest BCUT2D eigenvalue weighted by molar-refractivity contribution is 5.94. The van der Waals surface area contributed by atoms with E-state index in [9.17, 15) is 9.59 Å². The van der Waals surface area contributed by atoms with Crippen LogP contribution in [-0.4, -0.2) is 25.1 Å². The number of ketones is 1. The monoisotopic (exact) mass is 431 g/mol. The van der Waals surface area contributed by atoms with Crippen molar-refractivity contribution in [3.05, 3.63) is 53.6 Å². The molecule has 4 saturated carbocycles. The molecule has 0 radical (unpaired) electrons. The van der Waals surface area contributed by atoms with Gasteiger partial charge in [0.2, 0.25) is 0 Å². The van der Waals surface area contributed by atoms with Gasteiger partial charge in [0.25, 0.3) is 0 Å². The van der Waals surface area contributed by atoms with Gasteiger partial charge in [0.15, 0.2) is 17.3 Å². The molecule has 4 aliphatic carbocycles. The van der Waals surface area contributed by atoms with Gasteiger partial charge in [-0.05, 0) is 111 Å². The molecular weight excluding hydrogens is 402 g/mol. The summed E-state index contributed by atoms with van der Waals surface area (Å²) in [6.07, 6.45) is 8.55. The Morgan fingerprint density at radius 3 is 2.12 bits per heavy atom. The van der Waals surface area contributed by atoms with Crippen LogP contribution >= 0.6 is 0 Å². The molecule has 5 heteroatoms. The number of nitrogens with zero attached hydrogens (tertiary/aromatic N) is 1. The van der Waals surface area contributed by atoms with Crippen LogP contribution in [0, 0.1) is 23.2 Å². The molecule has 0 atom stereocenters. The highest BCUT2D eigenvalue weighted by atomic mass is 16.6. The molecule has 166 valence electrons. The Bertz CT molecular complexity index is 1030. The van der Waals surface area contributed by atoms with Crippen molar-refractivity contribution in [3.63, 3.8) is 0 Å². The van der Waals surface area contributed by atoms with E-state index in [4.69, 9.17) is 9.47 Å². The summed E-state index contributed by atoms with van der Waals surface area (Å²) < 4.78 is 11.5. The third-order valence-corrected chi connectivity index (χ3v) is 7.50. The number of hydrogen-bond donors (Lipinski definition) is 0. The molecule has 4 bridgehead atoms. The van der Waals surface area contributed by atoms with E-state index >= 15 is 0 Å². The van der Waals surface area contributed by atoms with Gasteiger partial charge in [-0.15, -0.1) is 0 Å². The maximum atomic E-state index is 13.3. The second kappa shape index (κ2) is 8.19. The maximum Gasteiger partial charge on any atom is 0.317 e. The summed E-state index contributed by atoms with van der Waals surface area (Å²) in [5, 5.41) is 0. The normalized spacial score (nSPS) is 28.1. The second-order valence-electron chi connectivity index (χ2n) is 9.86. The summed E-state index contributed by atoms with van der Waals surface area (Å²) in [4.78, 5) is 29.2. The van der Waals surface area contributed by atoms with Crippen LogP contribution in [0.4, 0.5) is 5.69 Å². The van der Waals surface area contributed by atoms with E-state index in [1.807, 2.05) is 24.3 Å². The molecule has 6 rings (SSSR count). The van der Waals surface area contributed by atoms with Crippen molar-refractivity contribution < 1.29 is 19.1 Å². The van der Waals surface area contributed by atoms with Crippen LogP contribution < -0.4 is 9.47 Å². The first-order valence-electron chi connectivity index (χ1n) is 11.5. The average molecular weight is 432 g/mol. The second-order valence-corrected chi connectivity index (χ2v) is 9.86. The predicted molar refractivity (Wildman–Crippen MR) is 123 cm³/mol. The smallest absolute Gasteiger partial charge is 0.317 e. The SMILES string of the molecule is COc1cc(C=Nc2ccc(C(C)=O)cc2)ccc1OC(=O)C12CC3CC(CC(C3)C1)C2. The fourth-order valence-electron chi connectivity index (χ4n) is 6.35. The van der Waals surface area contributed by atoms with Crippen LogP contribution in [0.3, 0.4) is 0 Å². The Hall–Kier alpha value is -2.95. The molecule has 32 heavy (non-hydrogen) atoms. The lowest BCUT2D eigenvalue weighted by atomic mass is 9.49. The van der Waals surface area contributed by atoms with Gasteiger partial charge in [-0.25, -0.2) is 0 Å². The number of esters is 1. The Morgan fingerprint density at radius 1 is 0.938 bits per heavy atom. The molecule has 0 spiro atoms. The molecule has 0 unspecified atom stereocenters. The molecule has 2 aromatic carbocycles. The van der Waals surface area contributed by atoms with Crippen LogP contribution in [0.25, 0.3) is 0 Å². The summed E-state index contributed by atoms with van der Waals surface area (Å²) >= 11 is 0. The van der Waals surface area contributed by atoms with Gasteiger partial charge in [-0.2, -0.15) is 0 Å². The van der Waals surface area contributed by atoms with Gasteiger partial charge >= 0.3 is 5.97 Å². The first kappa shape index (κ1) is 20.9. The first-order chi connectivity index (χ1) is 15.4. The number of methoxy groups -OCH3 is 1. The van der Waals surface area contributed by atoms with Gasteiger partial charge in [-0.3, -0.25) is 14.6 Å². The van der Waals surface area contributed by atoms with E-state index < -0.39 is 0 Å². The van der Waals surface area contributed by atoms with Crippen LogP contribution in [0.15, 0.2) is 47.5 Å². The summed E-state index contributed by atoms with van der Waals surface area (Å²) in [5.74, 6) is 3.03. The standard InChI is InChI=1S/C27H29NO4/c1-17(29)22-4-6-23(7-5-22)28-16-18-3-8-24(25(12-18)31-2)32-26(30)27-13-19-9-20(14-27)11-21(10-19)15-27/h3-8,12,16,19-21H,9-11,13-15H2,1-2H3. The van der Waals surface area contributed by atoms with Gasteiger partial charge < -0.3 is 9.47 Å². The number of benzene rings is 2. The molecule has 5 nitrogen and oxygen atoms in total. The number of aliphatic imine (C=N–C) groups is 1. The summed E-state index contributed by atoms with van der Waals surface area (Å²) in [5.41, 5.74) is 1.96. The summed E-state index contributed by atoms with van der Waals surface area (Å²) in [7, 11) is 1.58. The van der Waals surface area contributed by atoms with Crippen LogP contribution in [0.5, 0.6) is 11.5 Å². The van der Waals surface area contributed by atoms with Gasteiger partial charge in [-0.1, -0.05) is 0 Å². The van der Waals surface area contributed by atoms with E-state index in [2.05, 4.69) is 4.99 Å². The molecule has 4 fully saturated rings. The average Bonchev–Trinajstić information content (AvgIpc) is 2.77. The van der Waals surface area contributed by atoms with E-state index in [1.54, 1.807) is 38.4 Å². The van der Waals surface area contributed by atoms with Crippen LogP contribution in [0.1, 0.15) is 61.4 Å². The minimum absolute atomic E-state index is 0.0314. The lowest BCUT2D eigenvalue weighted by molar-refractivity contribution is -0.161. The Balaban J connectivity index is 1.30. The van der Waals surface area contributed by atoms with Crippen LogP contribution in [0.2, 0.25) is 0 Å². The number of carbonyl (C=O) groups is 2. The third-order valence-electron chi connectivity index (χ3n) is 7.50. The Morgan fingerprint density at radius 2 is 1.56 bits per heavy atom. The summed E-state index contributed by atoms with van der Waals surface area (Å²) in [6, 6.07) is 12.6. The lowest BCUT2D eigenvalue weighted by Gasteiger charge is -2.55. The molecular formula is C27H29NO4. The zero-order valence-electron chi connectivity index (χ0n) is 18.7. The number of hydrogen-bond acceptors (Lipinski definition) is 5. The highest BCUT2D eigenvalue weighted by Gasteiger charge is 2.55. The van der Waals surface area contributed by atoms with E-state index in [0.29, 0.717) is 34.8 Å². The van der Waals surface area contributed by atoms with Crippen molar-refractivity contribution in [1.82, 2.24) is 0 Å². The number of ether oxygens (including phenoxy) is 2. The first-order valence-corrected chi connectivity index (χ1v) is 11.5. The zero-order chi connectivity index (χ0) is 22.3. The van der Waals surface area contributed by atoms with E-state index in [-0.39, 0.29) is 17.2 Å². The van der Waals surface area contributed by atoms with Gasteiger partial charge in [0.1, 0.15) is 0 Å². The molecule has 0 N–H and O–H groups in total. The maximum absolute atomic E-state index is 13.3. The topological polar surface area (TPSA) is 65.0 Å². The molecule has 4 aliphatic rings. The number of rotatable bonds is 6. The fourth-order valence-corrected chi connectivity index (χ4v) is 6.35. The number of Topliss-reactive ketones (excluding diaryl/α,β-unsaturated/α-hetero) is 1. The molecule has 0 saturated heterocycles. The third kappa shape index (κ3) is 3.96. The minimum atomic E-state index is -0.300. The predicted octanol–water partition coefficient (Wildman–Crippen LogP) is 5.77. The molecule has 0 amide bonds. The van der Waals surface area contributed by atoms with Crippen molar-refractivity contribution >= 4 is 23.7 Å². The minimum Gasteiger partial charge on any atom is -0.493 e. The number of carbonyl (C=O) groups excluding carboxylic acids is 2. The molecule has 0 aliphatic heterocycles. The van der Waals surface area contributed by atoms with Crippen LogP contribution in [-0.2, 0) is 4.79 Å². The van der Waals surface area contributed by atoms with E-state index in [0.717, 1.165) is 30.5 Å². The van der Waals surface area contributed by atoms with Crippen molar-refractivity contribution in [2.45, 2.75) is 45.4 Å². The quantitative estimate of drug-likeness (QED) is 0.252. The van der Waals surface area contributed by atoms with Crippen molar-refractivity contribution in [2.24, 2.45) is 28.2 Å². The van der Waals surface area contributed by atoms with Gasteiger partial charge in [0, 0.05) is 11.8 Å². The Kier molecular flexibility index (Phi) is 5.36. The molecule has 0 aromatic heterocycles. The largest absolute Gasteiger partial charge is 0.493 e. The molecule has 0 heterocycles. The zero-order valence-corrected chi connectivity index (χ0v) is 18.7. The highest BCUT2D eigenvalue weighted by Crippen LogP contribution is 2.60. The van der Waals surface area contributed by atoms with Crippen molar-refractivity contribution in [3.8, 4) is 11.5 Å². The van der Waals surface area contributed by atoms with Crippen molar-refractivity contribution in [2.75, 3.05) is 7.11 Å². The van der Waals surface area contributed by atoms with Crippen molar-refractivity contribution in [1.29, 1.82) is 0 Å².